The molecule has 0 bridgehead atoms. The molecule has 0 aromatic carbocycles. The molecule has 1 fully saturated rings. The summed E-state index contributed by atoms with van der Waals surface area (Å²) < 4.78 is 26.2. The van der Waals surface area contributed by atoms with Gasteiger partial charge in [-0.2, -0.15) is 8.42 Å². The van der Waals surface area contributed by atoms with Gasteiger partial charge in [-0.3, -0.25) is 4.18 Å². The van der Waals surface area contributed by atoms with Crippen LogP contribution in [0.15, 0.2) is 0 Å². The molecule has 0 N–H and O–H groups in total. The van der Waals surface area contributed by atoms with Gasteiger partial charge in [0, 0.05) is 5.92 Å². The first-order valence-electron chi connectivity index (χ1n) is 4.82. The van der Waals surface area contributed by atoms with E-state index < -0.39 is 10.1 Å². The van der Waals surface area contributed by atoms with Crippen LogP contribution >= 0.6 is 0 Å². The number of hydrogen-bond acceptors (Lipinski definition) is 3. The van der Waals surface area contributed by atoms with Gasteiger partial charge in [-0.15, -0.1) is 12.3 Å². The Kier molecular flexibility index (Phi) is 3.97. The van der Waals surface area contributed by atoms with Gasteiger partial charge < -0.3 is 0 Å². The minimum atomic E-state index is -3.28. The zero-order valence-electron chi connectivity index (χ0n) is 8.40. The first-order valence-corrected chi connectivity index (χ1v) is 6.63. The molecular formula is C10H16O3S. The Balaban J connectivity index is 2.27. The molecular weight excluding hydrogens is 200 g/mol. The predicted molar refractivity (Wildman–Crippen MR) is 55.1 cm³/mol. The highest BCUT2D eigenvalue weighted by molar-refractivity contribution is 7.85. The highest BCUT2D eigenvalue weighted by atomic mass is 32.2. The van der Waals surface area contributed by atoms with E-state index in [0.29, 0.717) is 18.4 Å². The highest BCUT2D eigenvalue weighted by Gasteiger charge is 2.20. The largest absolute Gasteiger partial charge is 0.270 e. The van der Waals surface area contributed by atoms with Crippen LogP contribution in [0.4, 0.5) is 0 Å². The summed E-state index contributed by atoms with van der Waals surface area (Å²) in [6.07, 6.45) is 10.3. The maximum absolute atomic E-state index is 10.7. The van der Waals surface area contributed by atoms with E-state index in [4.69, 9.17) is 10.6 Å². The summed E-state index contributed by atoms with van der Waals surface area (Å²) in [5.41, 5.74) is 0. The van der Waals surface area contributed by atoms with Crippen molar-refractivity contribution in [3.8, 4) is 12.3 Å². The molecule has 1 aliphatic rings. The first kappa shape index (κ1) is 11.5. The van der Waals surface area contributed by atoms with Crippen LogP contribution in [0.5, 0.6) is 0 Å². The van der Waals surface area contributed by atoms with Crippen LogP contribution in [0.2, 0.25) is 0 Å². The van der Waals surface area contributed by atoms with Gasteiger partial charge in [-0.25, -0.2) is 0 Å². The smallest absolute Gasteiger partial charge is 0.264 e. The highest BCUT2D eigenvalue weighted by Crippen LogP contribution is 2.28. The van der Waals surface area contributed by atoms with Gasteiger partial charge in [0.25, 0.3) is 10.1 Å². The second-order valence-corrected chi connectivity index (χ2v) is 5.52. The van der Waals surface area contributed by atoms with E-state index in [1.807, 2.05) is 0 Å². The van der Waals surface area contributed by atoms with E-state index in [1.54, 1.807) is 0 Å². The molecule has 0 amide bonds. The lowest BCUT2D eigenvalue weighted by Crippen LogP contribution is -2.19. The summed E-state index contributed by atoms with van der Waals surface area (Å²) in [6.45, 7) is 0.316. The fourth-order valence-corrected chi connectivity index (χ4v) is 2.16. The third kappa shape index (κ3) is 4.12. The van der Waals surface area contributed by atoms with Crippen molar-refractivity contribution in [1.29, 1.82) is 0 Å². The Hall–Kier alpha value is -0.530. The molecule has 1 saturated carbocycles. The van der Waals surface area contributed by atoms with Crippen molar-refractivity contribution in [2.45, 2.75) is 25.7 Å². The van der Waals surface area contributed by atoms with E-state index in [9.17, 15) is 8.42 Å². The predicted octanol–water partition coefficient (Wildman–Crippen LogP) is 1.40. The van der Waals surface area contributed by atoms with Crippen LogP contribution in [-0.2, 0) is 14.3 Å². The molecule has 0 aromatic rings. The van der Waals surface area contributed by atoms with Crippen LogP contribution in [-0.4, -0.2) is 21.3 Å². The molecule has 14 heavy (non-hydrogen) atoms. The summed E-state index contributed by atoms with van der Waals surface area (Å²) in [4.78, 5) is 0. The lowest BCUT2D eigenvalue weighted by atomic mass is 9.83. The minimum absolute atomic E-state index is 0.316. The quantitative estimate of drug-likeness (QED) is 0.529. The van der Waals surface area contributed by atoms with Crippen molar-refractivity contribution in [2.24, 2.45) is 11.8 Å². The van der Waals surface area contributed by atoms with E-state index in [0.717, 1.165) is 31.9 Å². The number of rotatable bonds is 3. The Labute approximate surface area is 86.0 Å². The standard InChI is InChI=1S/C10H16O3S/c1-3-9-4-6-10(7-5-9)8-13-14(2,11)12/h1,9-10H,4-8H2,2H3. The van der Waals surface area contributed by atoms with Gasteiger partial charge in [0.15, 0.2) is 0 Å². The van der Waals surface area contributed by atoms with Crippen LogP contribution in [0.1, 0.15) is 25.7 Å². The molecule has 0 spiro atoms. The molecule has 0 radical (unpaired) electrons. The van der Waals surface area contributed by atoms with Crippen LogP contribution in [0.3, 0.4) is 0 Å². The fourth-order valence-electron chi connectivity index (χ4n) is 1.72. The van der Waals surface area contributed by atoms with Crippen molar-refractivity contribution >= 4 is 10.1 Å². The van der Waals surface area contributed by atoms with Crippen molar-refractivity contribution < 1.29 is 12.6 Å². The van der Waals surface area contributed by atoms with Crippen molar-refractivity contribution in [3.63, 3.8) is 0 Å². The zero-order chi connectivity index (χ0) is 10.6. The van der Waals surface area contributed by atoms with E-state index >= 15 is 0 Å². The average Bonchev–Trinajstić information content (AvgIpc) is 2.14. The Morgan fingerprint density at radius 2 is 1.93 bits per heavy atom. The SMILES string of the molecule is C#CC1CCC(COS(C)(=O)=O)CC1. The van der Waals surface area contributed by atoms with Crippen LogP contribution in [0, 0.1) is 24.2 Å². The summed E-state index contributed by atoms with van der Waals surface area (Å²) in [5.74, 6) is 3.47. The molecule has 0 aliphatic heterocycles. The molecule has 0 heterocycles. The molecule has 1 rings (SSSR count). The summed E-state index contributed by atoms with van der Waals surface area (Å²) in [6, 6.07) is 0. The van der Waals surface area contributed by atoms with Gasteiger partial charge in [-0.1, -0.05) is 0 Å². The van der Waals surface area contributed by atoms with Gasteiger partial charge in [-0.05, 0) is 31.6 Å². The molecule has 0 atom stereocenters. The van der Waals surface area contributed by atoms with E-state index in [1.165, 1.54) is 0 Å². The van der Waals surface area contributed by atoms with Crippen molar-refractivity contribution in [1.82, 2.24) is 0 Å². The number of hydrogen-bond donors (Lipinski definition) is 0. The van der Waals surface area contributed by atoms with Crippen molar-refractivity contribution in [2.75, 3.05) is 12.9 Å². The first-order chi connectivity index (χ1) is 6.51. The Morgan fingerprint density at radius 3 is 2.36 bits per heavy atom. The summed E-state index contributed by atoms with van der Waals surface area (Å²) in [7, 11) is -3.28. The maximum atomic E-state index is 10.7. The third-order valence-corrected chi connectivity index (χ3v) is 3.16. The van der Waals surface area contributed by atoms with E-state index in [-0.39, 0.29) is 0 Å². The lowest BCUT2D eigenvalue weighted by Gasteiger charge is -2.24. The fraction of sp³-hybridized carbons (Fsp3) is 0.800. The Morgan fingerprint density at radius 1 is 1.36 bits per heavy atom. The van der Waals surface area contributed by atoms with Gasteiger partial charge in [0.1, 0.15) is 0 Å². The van der Waals surface area contributed by atoms with Crippen LogP contribution < -0.4 is 0 Å². The molecule has 80 valence electrons. The van der Waals surface area contributed by atoms with Crippen molar-refractivity contribution in [3.05, 3.63) is 0 Å². The van der Waals surface area contributed by atoms with Gasteiger partial charge in [0.2, 0.25) is 0 Å². The van der Waals surface area contributed by atoms with Gasteiger partial charge >= 0.3 is 0 Å². The summed E-state index contributed by atoms with van der Waals surface area (Å²) >= 11 is 0. The zero-order valence-corrected chi connectivity index (χ0v) is 9.22. The minimum Gasteiger partial charge on any atom is -0.270 e. The van der Waals surface area contributed by atoms with Crippen LogP contribution in [0.25, 0.3) is 0 Å². The second-order valence-electron chi connectivity index (χ2n) is 3.87. The van der Waals surface area contributed by atoms with E-state index in [2.05, 4.69) is 5.92 Å². The molecule has 0 aromatic heterocycles. The normalized spacial score (nSPS) is 28.3. The molecule has 0 unspecified atom stereocenters. The lowest BCUT2D eigenvalue weighted by molar-refractivity contribution is 0.202. The average molecular weight is 216 g/mol. The molecule has 0 saturated heterocycles. The third-order valence-electron chi connectivity index (χ3n) is 2.60. The molecule has 1 aliphatic carbocycles. The molecule has 3 nitrogen and oxygen atoms in total. The monoisotopic (exact) mass is 216 g/mol. The molecule has 4 heteroatoms. The second kappa shape index (κ2) is 4.81. The maximum Gasteiger partial charge on any atom is 0.264 e. The summed E-state index contributed by atoms with van der Waals surface area (Å²) in [5, 5.41) is 0. The Bertz CT molecular complexity index is 305. The van der Waals surface area contributed by atoms with Gasteiger partial charge in [0.05, 0.1) is 12.9 Å². The number of terminal acetylenes is 1. The topological polar surface area (TPSA) is 43.4 Å².